The SMILES string of the molecule is CCC1CN(c2nc(C)cc(C)c2CNC(C)C)CCO1. The van der Waals surface area contributed by atoms with Crippen molar-refractivity contribution in [2.24, 2.45) is 0 Å². The van der Waals surface area contributed by atoms with Crippen LogP contribution in [-0.2, 0) is 11.3 Å². The minimum atomic E-state index is 0.326. The summed E-state index contributed by atoms with van der Waals surface area (Å²) < 4.78 is 5.79. The summed E-state index contributed by atoms with van der Waals surface area (Å²) in [6, 6.07) is 2.66. The molecule has 0 amide bonds. The number of hydrogen-bond acceptors (Lipinski definition) is 4. The highest BCUT2D eigenvalue weighted by molar-refractivity contribution is 5.52. The van der Waals surface area contributed by atoms with E-state index in [1.807, 2.05) is 0 Å². The van der Waals surface area contributed by atoms with E-state index in [9.17, 15) is 0 Å². The van der Waals surface area contributed by atoms with Gasteiger partial charge in [-0.15, -0.1) is 0 Å². The minimum Gasteiger partial charge on any atom is -0.375 e. The van der Waals surface area contributed by atoms with Gasteiger partial charge in [0.05, 0.1) is 12.7 Å². The van der Waals surface area contributed by atoms with Crippen LogP contribution >= 0.6 is 0 Å². The molecule has 4 nitrogen and oxygen atoms in total. The largest absolute Gasteiger partial charge is 0.375 e. The molecule has 0 radical (unpaired) electrons. The average Bonchev–Trinajstić information content (AvgIpc) is 2.45. The summed E-state index contributed by atoms with van der Waals surface area (Å²) in [6.45, 7) is 14.4. The second-order valence-electron chi connectivity index (χ2n) is 6.27. The van der Waals surface area contributed by atoms with Gasteiger partial charge in [0.25, 0.3) is 0 Å². The lowest BCUT2D eigenvalue weighted by molar-refractivity contribution is 0.0381. The number of nitrogens with zero attached hydrogens (tertiary/aromatic N) is 2. The van der Waals surface area contributed by atoms with Crippen LogP contribution in [0.25, 0.3) is 0 Å². The molecule has 1 fully saturated rings. The van der Waals surface area contributed by atoms with E-state index in [-0.39, 0.29) is 0 Å². The third-order valence-electron chi connectivity index (χ3n) is 4.03. The molecule has 4 heteroatoms. The third kappa shape index (κ3) is 4.17. The maximum atomic E-state index is 5.79. The molecule has 1 atom stereocenters. The first-order valence-corrected chi connectivity index (χ1v) is 8.08. The zero-order valence-corrected chi connectivity index (χ0v) is 14.1. The summed E-state index contributed by atoms with van der Waals surface area (Å²) in [5, 5.41) is 3.53. The Labute approximate surface area is 128 Å². The molecular weight excluding hydrogens is 262 g/mol. The highest BCUT2D eigenvalue weighted by Crippen LogP contribution is 2.25. The molecule has 1 aromatic rings. The van der Waals surface area contributed by atoms with E-state index >= 15 is 0 Å². The van der Waals surface area contributed by atoms with Gasteiger partial charge < -0.3 is 15.0 Å². The highest BCUT2D eigenvalue weighted by Gasteiger charge is 2.23. The Hall–Kier alpha value is -1.13. The number of nitrogens with one attached hydrogen (secondary N) is 1. The van der Waals surface area contributed by atoms with Crippen LogP contribution in [0, 0.1) is 13.8 Å². The second-order valence-corrected chi connectivity index (χ2v) is 6.27. The number of pyridine rings is 1. The lowest BCUT2D eigenvalue weighted by Gasteiger charge is -2.35. The van der Waals surface area contributed by atoms with Gasteiger partial charge in [0.15, 0.2) is 0 Å². The number of hydrogen-bond donors (Lipinski definition) is 1. The number of aromatic nitrogens is 1. The first-order chi connectivity index (χ1) is 10.0. The van der Waals surface area contributed by atoms with Gasteiger partial charge in [-0.2, -0.15) is 0 Å². The van der Waals surface area contributed by atoms with Crippen molar-refractivity contribution in [2.45, 2.75) is 59.7 Å². The van der Waals surface area contributed by atoms with Gasteiger partial charge in [-0.3, -0.25) is 0 Å². The van der Waals surface area contributed by atoms with E-state index < -0.39 is 0 Å². The first kappa shape index (κ1) is 16.2. The van der Waals surface area contributed by atoms with Crippen molar-refractivity contribution in [2.75, 3.05) is 24.6 Å². The van der Waals surface area contributed by atoms with Gasteiger partial charge in [-0.1, -0.05) is 20.8 Å². The van der Waals surface area contributed by atoms with Crippen molar-refractivity contribution >= 4 is 5.82 Å². The zero-order valence-electron chi connectivity index (χ0n) is 14.1. The predicted molar refractivity (Wildman–Crippen MR) is 87.9 cm³/mol. The van der Waals surface area contributed by atoms with Crippen molar-refractivity contribution < 1.29 is 4.74 Å². The van der Waals surface area contributed by atoms with E-state index in [1.54, 1.807) is 0 Å². The lowest BCUT2D eigenvalue weighted by Crippen LogP contribution is -2.43. The number of ether oxygens (including phenoxy) is 1. The summed E-state index contributed by atoms with van der Waals surface area (Å²) >= 11 is 0. The summed E-state index contributed by atoms with van der Waals surface area (Å²) in [6.07, 6.45) is 1.38. The fraction of sp³-hybridized carbons (Fsp3) is 0.706. The fourth-order valence-electron chi connectivity index (χ4n) is 2.79. The van der Waals surface area contributed by atoms with Gasteiger partial charge in [0.1, 0.15) is 5.82 Å². The molecule has 2 rings (SSSR count). The van der Waals surface area contributed by atoms with Crippen LogP contribution in [0.5, 0.6) is 0 Å². The standard InChI is InChI=1S/C17H29N3O/c1-6-15-11-20(7-8-21-15)17-16(10-18-12(2)3)13(4)9-14(5)19-17/h9,12,15,18H,6-8,10-11H2,1-5H3. The topological polar surface area (TPSA) is 37.4 Å². The predicted octanol–water partition coefficient (Wildman–Crippen LogP) is 2.81. The lowest BCUT2D eigenvalue weighted by atomic mass is 10.1. The number of morpholine rings is 1. The summed E-state index contributed by atoms with van der Waals surface area (Å²) in [7, 11) is 0. The Morgan fingerprint density at radius 3 is 2.86 bits per heavy atom. The summed E-state index contributed by atoms with van der Waals surface area (Å²) in [5.41, 5.74) is 3.74. The van der Waals surface area contributed by atoms with Crippen molar-refractivity contribution in [3.05, 3.63) is 22.9 Å². The number of rotatable bonds is 5. The van der Waals surface area contributed by atoms with Gasteiger partial charge in [-0.25, -0.2) is 4.98 Å². The van der Waals surface area contributed by atoms with Crippen LogP contribution in [0.15, 0.2) is 6.07 Å². The van der Waals surface area contributed by atoms with Crippen LogP contribution in [-0.4, -0.2) is 36.8 Å². The van der Waals surface area contributed by atoms with Crippen LogP contribution in [0.2, 0.25) is 0 Å². The molecule has 1 aliphatic rings. The average molecular weight is 291 g/mol. The van der Waals surface area contributed by atoms with Crippen LogP contribution in [0.3, 0.4) is 0 Å². The Morgan fingerprint density at radius 1 is 1.43 bits per heavy atom. The van der Waals surface area contributed by atoms with Crippen molar-refractivity contribution in [3.8, 4) is 0 Å². The van der Waals surface area contributed by atoms with Crippen molar-refractivity contribution in [3.63, 3.8) is 0 Å². The zero-order chi connectivity index (χ0) is 15.4. The molecule has 21 heavy (non-hydrogen) atoms. The maximum absolute atomic E-state index is 5.79. The van der Waals surface area contributed by atoms with Crippen LogP contribution < -0.4 is 10.2 Å². The summed E-state index contributed by atoms with van der Waals surface area (Å²) in [5.74, 6) is 1.14. The molecule has 0 saturated carbocycles. The molecular formula is C17H29N3O. The van der Waals surface area contributed by atoms with Crippen molar-refractivity contribution in [1.82, 2.24) is 10.3 Å². The summed E-state index contributed by atoms with van der Waals surface area (Å²) in [4.78, 5) is 7.23. The molecule has 0 spiro atoms. The molecule has 0 aliphatic carbocycles. The Bertz CT molecular complexity index is 473. The van der Waals surface area contributed by atoms with E-state index in [0.717, 1.165) is 44.2 Å². The van der Waals surface area contributed by atoms with Gasteiger partial charge >= 0.3 is 0 Å². The molecule has 0 aromatic carbocycles. The van der Waals surface area contributed by atoms with Gasteiger partial charge in [-0.05, 0) is 31.9 Å². The van der Waals surface area contributed by atoms with E-state index in [2.05, 4.69) is 50.9 Å². The molecule has 1 aliphatic heterocycles. The minimum absolute atomic E-state index is 0.326. The maximum Gasteiger partial charge on any atom is 0.133 e. The van der Waals surface area contributed by atoms with Gasteiger partial charge in [0.2, 0.25) is 0 Å². The molecule has 1 unspecified atom stereocenters. The Balaban J connectivity index is 2.27. The van der Waals surface area contributed by atoms with Crippen LogP contribution in [0.4, 0.5) is 5.82 Å². The third-order valence-corrected chi connectivity index (χ3v) is 4.03. The fourth-order valence-corrected chi connectivity index (χ4v) is 2.79. The molecule has 1 saturated heterocycles. The first-order valence-electron chi connectivity index (χ1n) is 8.08. The molecule has 2 heterocycles. The number of anilines is 1. The van der Waals surface area contributed by atoms with E-state index in [4.69, 9.17) is 9.72 Å². The monoisotopic (exact) mass is 291 g/mol. The molecule has 0 bridgehead atoms. The molecule has 1 aromatic heterocycles. The van der Waals surface area contributed by atoms with E-state index in [1.165, 1.54) is 11.1 Å². The van der Waals surface area contributed by atoms with E-state index in [0.29, 0.717) is 12.1 Å². The molecule has 1 N–H and O–H groups in total. The smallest absolute Gasteiger partial charge is 0.133 e. The molecule has 118 valence electrons. The highest BCUT2D eigenvalue weighted by atomic mass is 16.5. The normalized spacial score (nSPS) is 19.3. The van der Waals surface area contributed by atoms with Gasteiger partial charge in [0, 0.05) is 36.9 Å². The quantitative estimate of drug-likeness (QED) is 0.905. The van der Waals surface area contributed by atoms with Crippen LogP contribution in [0.1, 0.15) is 44.0 Å². The number of aryl methyl sites for hydroxylation is 2. The Morgan fingerprint density at radius 2 is 2.19 bits per heavy atom. The Kier molecular flexibility index (Phi) is 5.59. The second kappa shape index (κ2) is 7.23. The van der Waals surface area contributed by atoms with Crippen molar-refractivity contribution in [1.29, 1.82) is 0 Å².